The number of piperidine rings is 1. The summed E-state index contributed by atoms with van der Waals surface area (Å²) >= 11 is 6.14. The van der Waals surface area contributed by atoms with E-state index in [1.807, 2.05) is 0 Å². The van der Waals surface area contributed by atoms with Crippen molar-refractivity contribution in [3.05, 3.63) is 27.4 Å². The molecule has 132 valence electrons. The van der Waals surface area contributed by atoms with E-state index < -0.39 is 0 Å². The Morgan fingerprint density at radius 1 is 1.54 bits per heavy atom. The number of carbonyl (C=O) groups is 1. The number of nitrogens with two attached hydrogens (primary N) is 1. The number of halogens is 1. The van der Waals surface area contributed by atoms with Crippen molar-refractivity contribution in [3.8, 4) is 5.75 Å². The van der Waals surface area contributed by atoms with Crippen molar-refractivity contribution in [2.24, 2.45) is 0 Å². The minimum Gasteiger partial charge on any atom is -0.631 e. The number of likely N-dealkylation sites (tertiary alicyclic amines) is 1. The number of fused-ring (bicyclic) bond motifs is 1. The van der Waals surface area contributed by atoms with Gasteiger partial charge in [0, 0.05) is 38.0 Å². The van der Waals surface area contributed by atoms with Crippen molar-refractivity contribution in [1.29, 1.82) is 0 Å². The Morgan fingerprint density at radius 2 is 2.25 bits per heavy atom. The second kappa shape index (κ2) is 6.76. The lowest BCUT2D eigenvalue weighted by molar-refractivity contribution is -0.904. The van der Waals surface area contributed by atoms with Crippen LogP contribution >= 0.6 is 11.6 Å². The monoisotopic (exact) mass is 355 g/mol. The van der Waals surface area contributed by atoms with Crippen LogP contribution in [0.15, 0.2) is 6.07 Å². The van der Waals surface area contributed by atoms with Crippen molar-refractivity contribution in [2.75, 3.05) is 39.3 Å². The molecule has 8 heteroatoms. The molecule has 7 nitrogen and oxygen atoms in total. The SMILES string of the molecule is COC[N+]1([O-])CCC(NC(=O)c2cc(Cl)c(N)c3c2OCC3)CC1. The molecule has 3 N–H and O–H groups in total. The molecule has 0 unspecified atom stereocenters. The summed E-state index contributed by atoms with van der Waals surface area (Å²) in [6.07, 6.45) is 1.88. The number of nitrogens with one attached hydrogen (secondary N) is 1. The highest BCUT2D eigenvalue weighted by Gasteiger charge is 2.30. The van der Waals surface area contributed by atoms with Crippen LogP contribution in [-0.2, 0) is 11.2 Å². The summed E-state index contributed by atoms with van der Waals surface area (Å²) in [7, 11) is 1.52. The molecule has 0 aromatic heterocycles. The Bertz CT molecular complexity index is 645. The number of anilines is 1. The van der Waals surface area contributed by atoms with Crippen molar-refractivity contribution in [1.82, 2.24) is 5.32 Å². The Hall–Kier alpha value is -1.54. The molecule has 0 radical (unpaired) electrons. The van der Waals surface area contributed by atoms with Gasteiger partial charge in [0.2, 0.25) is 0 Å². The van der Waals surface area contributed by atoms with Gasteiger partial charge >= 0.3 is 0 Å². The van der Waals surface area contributed by atoms with Crippen LogP contribution in [0, 0.1) is 5.21 Å². The third-order valence-electron chi connectivity index (χ3n) is 4.69. The van der Waals surface area contributed by atoms with Gasteiger partial charge in [-0.05, 0) is 6.07 Å². The topological polar surface area (TPSA) is 96.6 Å². The molecule has 0 saturated carbocycles. The average molecular weight is 356 g/mol. The number of nitrogen functional groups attached to an aromatic ring is 1. The van der Waals surface area contributed by atoms with Crippen molar-refractivity contribution in [2.45, 2.75) is 25.3 Å². The number of rotatable bonds is 4. The van der Waals surface area contributed by atoms with Crippen LogP contribution in [0.1, 0.15) is 28.8 Å². The molecule has 1 fully saturated rings. The minimum absolute atomic E-state index is 0.0389. The van der Waals surface area contributed by atoms with Crippen molar-refractivity contribution >= 4 is 23.2 Å². The van der Waals surface area contributed by atoms with E-state index in [9.17, 15) is 10.0 Å². The van der Waals surface area contributed by atoms with Crippen molar-refractivity contribution < 1.29 is 18.9 Å². The van der Waals surface area contributed by atoms with Crippen LogP contribution in [0.4, 0.5) is 5.69 Å². The number of carbonyl (C=O) groups excluding carboxylic acids is 1. The number of methoxy groups -OCH3 is 1. The molecule has 1 aromatic rings. The third kappa shape index (κ3) is 3.30. The van der Waals surface area contributed by atoms with Gasteiger partial charge in [-0.1, -0.05) is 11.6 Å². The number of hydrogen-bond acceptors (Lipinski definition) is 5. The van der Waals surface area contributed by atoms with Gasteiger partial charge in [0.15, 0.2) is 6.73 Å². The van der Waals surface area contributed by atoms with E-state index in [0.29, 0.717) is 61.0 Å². The fraction of sp³-hybridized carbons (Fsp3) is 0.562. The smallest absolute Gasteiger partial charge is 0.255 e. The maximum Gasteiger partial charge on any atom is 0.255 e. The van der Waals surface area contributed by atoms with E-state index in [1.54, 1.807) is 6.07 Å². The molecule has 2 aliphatic heterocycles. The van der Waals surface area contributed by atoms with Crippen LogP contribution in [-0.4, -0.2) is 50.1 Å². The lowest BCUT2D eigenvalue weighted by atomic mass is 10.0. The Labute approximate surface area is 145 Å². The van der Waals surface area contributed by atoms with Gasteiger partial charge in [0.1, 0.15) is 5.75 Å². The second-order valence-corrected chi connectivity index (χ2v) is 6.80. The van der Waals surface area contributed by atoms with Gasteiger partial charge in [-0.3, -0.25) is 4.79 Å². The molecule has 1 saturated heterocycles. The minimum atomic E-state index is -0.366. The summed E-state index contributed by atoms with van der Waals surface area (Å²) in [5, 5.41) is 15.7. The third-order valence-corrected chi connectivity index (χ3v) is 5.00. The zero-order valence-corrected chi connectivity index (χ0v) is 14.4. The fourth-order valence-electron chi connectivity index (χ4n) is 3.35. The predicted octanol–water partition coefficient (Wildman–Crippen LogP) is 1.67. The molecule has 2 aliphatic rings. The highest BCUT2D eigenvalue weighted by atomic mass is 35.5. The summed E-state index contributed by atoms with van der Waals surface area (Å²) in [5.41, 5.74) is 7.64. The first-order valence-electron chi connectivity index (χ1n) is 8.04. The number of ether oxygens (including phenoxy) is 2. The molecule has 0 aliphatic carbocycles. The summed E-state index contributed by atoms with van der Waals surface area (Å²) in [5.74, 6) is 0.288. The molecular formula is C16H22ClN3O4. The summed E-state index contributed by atoms with van der Waals surface area (Å²) < 4.78 is 10.2. The predicted molar refractivity (Wildman–Crippen MR) is 90.8 cm³/mol. The number of amides is 1. The van der Waals surface area contributed by atoms with Crippen LogP contribution in [0.2, 0.25) is 5.02 Å². The van der Waals surface area contributed by atoms with Crippen LogP contribution in [0.5, 0.6) is 5.75 Å². The van der Waals surface area contributed by atoms with E-state index in [2.05, 4.69) is 5.32 Å². The standard InChI is InChI=1S/C16H22ClN3O4/c1-23-9-20(22)5-2-10(3-6-20)19-16(21)12-8-13(17)14(18)11-4-7-24-15(11)12/h8,10H,2-7,9,18H2,1H3,(H,19,21). The maximum atomic E-state index is 12.6. The first kappa shape index (κ1) is 17.3. The maximum absolute atomic E-state index is 12.6. The molecule has 0 atom stereocenters. The van der Waals surface area contributed by atoms with Gasteiger partial charge in [0.25, 0.3) is 5.91 Å². The van der Waals surface area contributed by atoms with Gasteiger partial charge in [0.05, 0.1) is 36.0 Å². The molecule has 1 amide bonds. The fourth-order valence-corrected chi connectivity index (χ4v) is 3.57. The number of hydrogen-bond donors (Lipinski definition) is 2. The number of quaternary nitrogens is 1. The highest BCUT2D eigenvalue weighted by Crippen LogP contribution is 2.38. The zero-order valence-electron chi connectivity index (χ0n) is 13.6. The lowest BCUT2D eigenvalue weighted by Gasteiger charge is -2.46. The van der Waals surface area contributed by atoms with E-state index in [0.717, 1.165) is 5.56 Å². The zero-order chi connectivity index (χ0) is 17.3. The highest BCUT2D eigenvalue weighted by molar-refractivity contribution is 6.33. The lowest BCUT2D eigenvalue weighted by Crippen LogP contribution is -2.53. The average Bonchev–Trinajstić information content (AvgIpc) is 3.03. The summed E-state index contributed by atoms with van der Waals surface area (Å²) in [4.78, 5) is 12.6. The van der Waals surface area contributed by atoms with E-state index in [1.165, 1.54) is 7.11 Å². The quantitative estimate of drug-likeness (QED) is 0.486. The van der Waals surface area contributed by atoms with Crippen LogP contribution < -0.4 is 15.8 Å². The number of hydroxylamine groups is 3. The van der Waals surface area contributed by atoms with Gasteiger partial charge < -0.3 is 30.4 Å². The first-order valence-corrected chi connectivity index (χ1v) is 8.42. The largest absolute Gasteiger partial charge is 0.631 e. The molecule has 1 aromatic carbocycles. The molecule has 2 heterocycles. The molecular weight excluding hydrogens is 334 g/mol. The van der Waals surface area contributed by atoms with Gasteiger partial charge in [-0.15, -0.1) is 0 Å². The Morgan fingerprint density at radius 3 is 2.92 bits per heavy atom. The Balaban J connectivity index is 1.69. The number of nitrogens with zero attached hydrogens (tertiary/aromatic N) is 1. The van der Waals surface area contributed by atoms with Crippen LogP contribution in [0.25, 0.3) is 0 Å². The van der Waals surface area contributed by atoms with E-state index in [4.69, 9.17) is 26.8 Å². The first-order chi connectivity index (χ1) is 11.4. The molecule has 3 rings (SSSR count). The van der Waals surface area contributed by atoms with E-state index in [-0.39, 0.29) is 23.3 Å². The Kier molecular flexibility index (Phi) is 4.87. The molecule has 0 bridgehead atoms. The van der Waals surface area contributed by atoms with Gasteiger partial charge in [-0.2, -0.15) is 0 Å². The number of benzene rings is 1. The van der Waals surface area contributed by atoms with E-state index >= 15 is 0 Å². The second-order valence-electron chi connectivity index (χ2n) is 6.40. The van der Waals surface area contributed by atoms with Crippen LogP contribution in [0.3, 0.4) is 0 Å². The molecule has 0 spiro atoms. The van der Waals surface area contributed by atoms with Gasteiger partial charge in [-0.25, -0.2) is 0 Å². The summed E-state index contributed by atoms with van der Waals surface area (Å²) in [6, 6.07) is 1.51. The van der Waals surface area contributed by atoms with Crippen molar-refractivity contribution in [3.63, 3.8) is 0 Å². The normalized spacial score (nSPS) is 25.9. The summed E-state index contributed by atoms with van der Waals surface area (Å²) in [6.45, 7) is 1.50. The molecule has 24 heavy (non-hydrogen) atoms.